The van der Waals surface area contributed by atoms with Crippen molar-refractivity contribution in [1.82, 2.24) is 10.6 Å². The molecule has 3 N–H and O–H groups in total. The van der Waals surface area contributed by atoms with Crippen LogP contribution >= 0.6 is 0 Å². The van der Waals surface area contributed by atoms with E-state index in [-0.39, 0.29) is 54.3 Å². The zero-order chi connectivity index (χ0) is 31.7. The lowest BCUT2D eigenvalue weighted by molar-refractivity contribution is -0.126. The quantitative estimate of drug-likeness (QED) is 0.350. The molecular weight excluding hydrogens is 575 g/mol. The van der Waals surface area contributed by atoms with Crippen LogP contribution in [0.3, 0.4) is 0 Å². The van der Waals surface area contributed by atoms with Crippen LogP contribution in [0.15, 0.2) is 42.5 Å². The fourth-order valence-electron chi connectivity index (χ4n) is 7.71. The van der Waals surface area contributed by atoms with Crippen LogP contribution in [0, 0.1) is 23.6 Å². The van der Waals surface area contributed by atoms with Crippen LogP contribution in [0.4, 0.5) is 15.8 Å². The number of nitrogens with one attached hydrogen (secondary N) is 2. The SMILES string of the molecule is C[C@H](C[C@H](O)C(Cc1ccccc1)NC(=O)c1cc(N2CCCC2=O)cc(N2CCCC2=O)c1F)C(=O)NC1CC2CCC1C2. The number of nitrogens with zero attached hydrogens (tertiary/aromatic N) is 2. The van der Waals surface area contributed by atoms with E-state index in [4.69, 9.17) is 0 Å². The Morgan fingerprint density at radius 1 is 1.00 bits per heavy atom. The van der Waals surface area contributed by atoms with Crippen molar-refractivity contribution in [1.29, 1.82) is 0 Å². The van der Waals surface area contributed by atoms with Gasteiger partial charge in [-0.25, -0.2) is 4.39 Å². The molecule has 240 valence electrons. The summed E-state index contributed by atoms with van der Waals surface area (Å²) in [6.45, 7) is 2.55. The van der Waals surface area contributed by atoms with Crippen LogP contribution in [-0.2, 0) is 20.8 Å². The summed E-state index contributed by atoms with van der Waals surface area (Å²) >= 11 is 0. The molecule has 6 rings (SSSR count). The second kappa shape index (κ2) is 13.3. The molecule has 0 spiro atoms. The number of aliphatic hydroxyl groups excluding tert-OH is 1. The molecular formula is C35H43FN4O5. The maximum Gasteiger partial charge on any atom is 0.254 e. The molecule has 2 aliphatic heterocycles. The Morgan fingerprint density at radius 3 is 2.33 bits per heavy atom. The molecule has 6 atom stereocenters. The van der Waals surface area contributed by atoms with E-state index in [0.717, 1.165) is 18.4 Å². The lowest BCUT2D eigenvalue weighted by atomic mass is 9.91. The number of anilines is 2. The van der Waals surface area contributed by atoms with Crippen LogP contribution in [0.5, 0.6) is 0 Å². The topological polar surface area (TPSA) is 119 Å². The van der Waals surface area contributed by atoms with Gasteiger partial charge in [-0.15, -0.1) is 0 Å². The van der Waals surface area contributed by atoms with Gasteiger partial charge in [-0.1, -0.05) is 43.7 Å². The summed E-state index contributed by atoms with van der Waals surface area (Å²) < 4.78 is 16.1. The predicted octanol–water partition coefficient (Wildman–Crippen LogP) is 4.11. The fraction of sp³-hybridized carbons (Fsp3) is 0.543. The van der Waals surface area contributed by atoms with E-state index in [0.29, 0.717) is 49.9 Å². The van der Waals surface area contributed by atoms with E-state index in [1.165, 1.54) is 34.8 Å². The summed E-state index contributed by atoms with van der Waals surface area (Å²) in [5.41, 5.74) is 0.908. The third-order valence-electron chi connectivity index (χ3n) is 10.2. The Morgan fingerprint density at radius 2 is 1.71 bits per heavy atom. The highest BCUT2D eigenvalue weighted by molar-refractivity contribution is 6.03. The number of carbonyl (C=O) groups excluding carboxylic acids is 4. The van der Waals surface area contributed by atoms with Crippen LogP contribution in [0.1, 0.15) is 80.6 Å². The molecule has 4 unspecified atom stereocenters. The van der Waals surface area contributed by atoms with Crippen molar-refractivity contribution in [2.75, 3.05) is 22.9 Å². The van der Waals surface area contributed by atoms with Gasteiger partial charge in [0, 0.05) is 43.6 Å². The number of aliphatic hydroxyl groups is 1. The summed E-state index contributed by atoms with van der Waals surface area (Å²) in [4.78, 5) is 55.0. The number of hydrogen-bond acceptors (Lipinski definition) is 5. The van der Waals surface area contributed by atoms with Gasteiger partial charge in [0.05, 0.1) is 23.4 Å². The van der Waals surface area contributed by atoms with E-state index in [1.807, 2.05) is 30.3 Å². The van der Waals surface area contributed by atoms with Gasteiger partial charge in [0.1, 0.15) is 0 Å². The van der Waals surface area contributed by atoms with E-state index in [2.05, 4.69) is 10.6 Å². The molecule has 2 saturated heterocycles. The third kappa shape index (κ3) is 6.76. The summed E-state index contributed by atoms with van der Waals surface area (Å²) in [7, 11) is 0. The highest BCUT2D eigenvalue weighted by Crippen LogP contribution is 2.44. The average Bonchev–Trinajstić information content (AvgIpc) is 3.84. The van der Waals surface area contributed by atoms with Crippen LogP contribution in [0.2, 0.25) is 0 Å². The van der Waals surface area contributed by atoms with Crippen molar-refractivity contribution in [3.8, 4) is 0 Å². The van der Waals surface area contributed by atoms with Crippen molar-refractivity contribution in [2.24, 2.45) is 17.8 Å². The first-order valence-corrected chi connectivity index (χ1v) is 16.5. The van der Waals surface area contributed by atoms with Gasteiger partial charge in [0.15, 0.2) is 5.82 Å². The highest BCUT2D eigenvalue weighted by atomic mass is 19.1. The second-order valence-electron chi connectivity index (χ2n) is 13.4. The van der Waals surface area contributed by atoms with E-state index >= 15 is 4.39 Å². The molecule has 2 aliphatic carbocycles. The van der Waals surface area contributed by atoms with E-state index in [9.17, 15) is 24.3 Å². The van der Waals surface area contributed by atoms with Crippen LogP contribution in [0.25, 0.3) is 0 Å². The van der Waals surface area contributed by atoms with Gasteiger partial charge >= 0.3 is 0 Å². The molecule has 4 aliphatic rings. The summed E-state index contributed by atoms with van der Waals surface area (Å²) in [6, 6.07) is 11.6. The lowest BCUT2D eigenvalue weighted by Gasteiger charge is -2.29. The minimum atomic E-state index is -1.10. The minimum Gasteiger partial charge on any atom is -0.391 e. The van der Waals surface area contributed by atoms with Gasteiger partial charge in [-0.2, -0.15) is 0 Å². The van der Waals surface area contributed by atoms with Gasteiger partial charge in [0.2, 0.25) is 17.7 Å². The number of rotatable bonds is 11. The first kappa shape index (κ1) is 31.2. The standard InChI is InChI=1S/C35H43FN4O5/c1-21(34(44)37-27-18-23-11-12-24(27)16-23)15-30(41)28(17-22-7-3-2-4-8-22)38-35(45)26-19-25(39-13-5-9-31(39)42)20-29(33(26)36)40-14-6-10-32(40)43/h2-4,7-8,19-21,23-24,27-28,30,41H,5-6,9-18H2,1H3,(H,37,44)(H,38,45)/t21-,23?,24?,27?,28?,30+/m1/s1. The molecule has 2 aromatic rings. The molecule has 2 aromatic carbocycles. The van der Waals surface area contributed by atoms with E-state index < -0.39 is 29.8 Å². The summed E-state index contributed by atoms with van der Waals surface area (Å²) in [5, 5.41) is 17.5. The molecule has 2 bridgehead atoms. The monoisotopic (exact) mass is 618 g/mol. The molecule has 10 heteroatoms. The largest absolute Gasteiger partial charge is 0.391 e. The zero-order valence-corrected chi connectivity index (χ0v) is 25.8. The van der Waals surface area contributed by atoms with Crippen molar-refractivity contribution >= 4 is 35.0 Å². The maximum atomic E-state index is 16.1. The van der Waals surface area contributed by atoms with Crippen molar-refractivity contribution < 1.29 is 28.7 Å². The third-order valence-corrected chi connectivity index (χ3v) is 10.2. The van der Waals surface area contributed by atoms with Crippen LogP contribution < -0.4 is 20.4 Å². The number of carbonyl (C=O) groups is 4. The number of amides is 4. The Balaban J connectivity index is 1.23. The summed E-state index contributed by atoms with van der Waals surface area (Å²) in [5.74, 6) is -1.34. The van der Waals surface area contributed by atoms with Gasteiger partial charge in [-0.05, 0) is 74.5 Å². The Labute approximate surface area is 263 Å². The van der Waals surface area contributed by atoms with Crippen LogP contribution in [-0.4, -0.2) is 60.0 Å². The summed E-state index contributed by atoms with van der Waals surface area (Å²) in [6.07, 6.45) is 5.71. The minimum absolute atomic E-state index is 0.0223. The van der Waals surface area contributed by atoms with Gasteiger partial charge in [-0.3, -0.25) is 19.2 Å². The molecule has 0 aromatic heterocycles. The first-order chi connectivity index (χ1) is 21.7. The average molecular weight is 619 g/mol. The number of hydrogen-bond donors (Lipinski definition) is 3. The second-order valence-corrected chi connectivity index (χ2v) is 13.4. The molecule has 4 fully saturated rings. The molecule has 2 saturated carbocycles. The molecule has 9 nitrogen and oxygen atoms in total. The Kier molecular flexibility index (Phi) is 9.21. The van der Waals surface area contributed by atoms with Gasteiger partial charge < -0.3 is 25.5 Å². The van der Waals surface area contributed by atoms with Gasteiger partial charge in [0.25, 0.3) is 5.91 Å². The predicted molar refractivity (Wildman–Crippen MR) is 168 cm³/mol. The fourth-order valence-corrected chi connectivity index (χ4v) is 7.71. The molecule has 0 radical (unpaired) electrons. The molecule has 4 amide bonds. The number of benzene rings is 2. The van der Waals surface area contributed by atoms with Crippen molar-refractivity contribution in [2.45, 2.75) is 89.3 Å². The smallest absolute Gasteiger partial charge is 0.254 e. The normalized spacial score (nSPS) is 24.6. The Bertz CT molecular complexity index is 1450. The maximum absolute atomic E-state index is 16.1. The molecule has 45 heavy (non-hydrogen) atoms. The molecule has 2 heterocycles. The first-order valence-electron chi connectivity index (χ1n) is 16.5. The zero-order valence-electron chi connectivity index (χ0n) is 25.8. The lowest BCUT2D eigenvalue weighted by Crippen LogP contribution is -2.47. The highest BCUT2D eigenvalue weighted by Gasteiger charge is 2.41. The number of halogens is 1. The van der Waals surface area contributed by atoms with E-state index in [1.54, 1.807) is 6.92 Å². The Hall–Kier alpha value is -3.79. The van der Waals surface area contributed by atoms with Crippen molar-refractivity contribution in [3.63, 3.8) is 0 Å². The van der Waals surface area contributed by atoms with Crippen molar-refractivity contribution in [3.05, 3.63) is 59.4 Å². The number of fused-ring (bicyclic) bond motifs is 2.